The average Bonchev–Trinajstić information content (AvgIpc) is 3.55. The number of nitrogens with one attached hydrogen (secondary N) is 5. The maximum atomic E-state index is 13.8. The molecule has 12 nitrogen and oxygen atoms in total. The fraction of sp³-hybridized carbons (Fsp3) is 0.531. The third-order valence-electron chi connectivity index (χ3n) is 6.43. The molecular formula is C32H46N6O6. The SMILES string of the molecule is CC(C)C[C@H](NC(=O)[C@H](Cc1cnc[nH]1)NC(=O)[C@H](Cc1c[nH]c2ccccc12)NC(=O)OC(C)(C)C)C(=O)OC(C)(C)C. The van der Waals surface area contributed by atoms with Crippen LogP contribution in [0, 0.1) is 5.92 Å². The molecule has 3 aromatic rings. The highest BCUT2D eigenvalue weighted by Crippen LogP contribution is 2.20. The molecule has 240 valence electrons. The van der Waals surface area contributed by atoms with E-state index >= 15 is 0 Å². The molecule has 0 spiro atoms. The molecule has 0 saturated heterocycles. The highest BCUT2D eigenvalue weighted by Gasteiger charge is 2.33. The zero-order chi connectivity index (χ0) is 32.7. The van der Waals surface area contributed by atoms with E-state index in [2.05, 4.69) is 30.9 Å². The van der Waals surface area contributed by atoms with Crippen LogP contribution in [-0.4, -0.2) is 68.2 Å². The molecule has 1 aromatic carbocycles. The number of aromatic amines is 2. The molecule has 0 fully saturated rings. The van der Waals surface area contributed by atoms with Crippen LogP contribution in [0.3, 0.4) is 0 Å². The summed E-state index contributed by atoms with van der Waals surface area (Å²) in [6, 6.07) is 4.50. The van der Waals surface area contributed by atoms with Gasteiger partial charge in [0, 0.05) is 41.8 Å². The van der Waals surface area contributed by atoms with Crippen LogP contribution in [0.1, 0.15) is 73.1 Å². The molecule has 3 amide bonds. The number of hydrogen-bond acceptors (Lipinski definition) is 7. The van der Waals surface area contributed by atoms with Gasteiger partial charge in [-0.2, -0.15) is 0 Å². The Morgan fingerprint density at radius 2 is 1.43 bits per heavy atom. The Morgan fingerprint density at radius 1 is 0.818 bits per heavy atom. The van der Waals surface area contributed by atoms with Crippen molar-refractivity contribution >= 4 is 34.8 Å². The van der Waals surface area contributed by atoms with Crippen molar-refractivity contribution in [3.05, 3.63) is 54.2 Å². The van der Waals surface area contributed by atoms with Crippen molar-refractivity contribution in [3.63, 3.8) is 0 Å². The molecule has 3 atom stereocenters. The van der Waals surface area contributed by atoms with Gasteiger partial charge in [0.05, 0.1) is 6.33 Å². The summed E-state index contributed by atoms with van der Waals surface area (Å²) in [6.45, 7) is 14.3. The molecule has 0 unspecified atom stereocenters. The number of para-hydroxylation sites is 1. The summed E-state index contributed by atoms with van der Waals surface area (Å²) in [6.07, 6.45) is 4.57. The van der Waals surface area contributed by atoms with Crippen molar-refractivity contribution in [1.29, 1.82) is 0 Å². The Labute approximate surface area is 258 Å². The second-order valence-electron chi connectivity index (χ2n) is 13.3. The maximum absolute atomic E-state index is 13.8. The summed E-state index contributed by atoms with van der Waals surface area (Å²) in [5.74, 6) is -1.66. The van der Waals surface area contributed by atoms with Gasteiger partial charge in [0.2, 0.25) is 11.8 Å². The topological polar surface area (TPSA) is 167 Å². The number of imidazole rings is 1. The number of hydrogen-bond donors (Lipinski definition) is 5. The van der Waals surface area contributed by atoms with Crippen LogP contribution < -0.4 is 16.0 Å². The van der Waals surface area contributed by atoms with E-state index < -0.39 is 53.2 Å². The first kappa shape index (κ1) is 34.1. The first-order valence-corrected chi connectivity index (χ1v) is 14.9. The molecule has 12 heteroatoms. The quantitative estimate of drug-likeness (QED) is 0.194. The van der Waals surface area contributed by atoms with E-state index in [9.17, 15) is 19.2 Å². The molecule has 2 heterocycles. The molecule has 0 saturated carbocycles. The lowest BCUT2D eigenvalue weighted by atomic mass is 10.0. The van der Waals surface area contributed by atoms with E-state index in [1.807, 2.05) is 38.1 Å². The van der Waals surface area contributed by atoms with Gasteiger partial charge in [-0.05, 0) is 65.5 Å². The molecule has 44 heavy (non-hydrogen) atoms. The highest BCUT2D eigenvalue weighted by atomic mass is 16.6. The average molecular weight is 611 g/mol. The number of alkyl carbamates (subject to hydrolysis) is 1. The summed E-state index contributed by atoms with van der Waals surface area (Å²) in [5.41, 5.74) is 0.740. The summed E-state index contributed by atoms with van der Waals surface area (Å²) < 4.78 is 11.0. The van der Waals surface area contributed by atoms with E-state index in [1.165, 1.54) is 6.33 Å². The van der Waals surface area contributed by atoms with Crippen molar-refractivity contribution in [2.24, 2.45) is 5.92 Å². The number of carbonyl (C=O) groups is 4. The first-order valence-electron chi connectivity index (χ1n) is 14.9. The highest BCUT2D eigenvalue weighted by molar-refractivity contribution is 5.94. The van der Waals surface area contributed by atoms with Crippen LogP contribution in [0.4, 0.5) is 4.79 Å². The summed E-state index contributed by atoms with van der Waals surface area (Å²) in [4.78, 5) is 63.5. The summed E-state index contributed by atoms with van der Waals surface area (Å²) in [7, 11) is 0. The standard InChI is InChI=1S/C32H46N6O6/c1-19(2)13-26(29(41)43-31(3,4)5)37-28(40)25(15-21-17-33-18-35-21)36-27(39)24(38-30(42)44-32(6,7)8)14-20-16-34-23-12-10-9-11-22(20)23/h9-12,16-19,24-26,34H,13-15H2,1-8H3,(H,33,35)(H,36,39)(H,37,40)(H,38,42)/t24-,25-,26-/m0/s1. The van der Waals surface area contributed by atoms with Crippen LogP contribution in [0.25, 0.3) is 10.9 Å². The lowest BCUT2D eigenvalue weighted by Crippen LogP contribution is -2.57. The van der Waals surface area contributed by atoms with Gasteiger partial charge in [0.1, 0.15) is 29.3 Å². The second-order valence-corrected chi connectivity index (χ2v) is 13.3. The van der Waals surface area contributed by atoms with Crippen molar-refractivity contribution in [1.82, 2.24) is 30.9 Å². The van der Waals surface area contributed by atoms with Crippen molar-refractivity contribution in [3.8, 4) is 0 Å². The monoisotopic (exact) mass is 610 g/mol. The predicted molar refractivity (Wildman–Crippen MR) is 167 cm³/mol. The Morgan fingerprint density at radius 3 is 2.02 bits per heavy atom. The van der Waals surface area contributed by atoms with Gasteiger partial charge in [0.15, 0.2) is 0 Å². The number of benzene rings is 1. The van der Waals surface area contributed by atoms with Crippen molar-refractivity contribution in [2.75, 3.05) is 0 Å². The third kappa shape index (κ3) is 10.7. The number of H-pyrrole nitrogens is 2. The minimum Gasteiger partial charge on any atom is -0.458 e. The van der Waals surface area contributed by atoms with E-state index in [4.69, 9.17) is 9.47 Å². The largest absolute Gasteiger partial charge is 0.458 e. The maximum Gasteiger partial charge on any atom is 0.408 e. The predicted octanol–water partition coefficient (Wildman–Crippen LogP) is 3.93. The number of aromatic nitrogens is 3. The minimum atomic E-state index is -1.11. The van der Waals surface area contributed by atoms with E-state index in [1.54, 1.807) is 53.9 Å². The van der Waals surface area contributed by atoms with Gasteiger partial charge in [-0.25, -0.2) is 14.6 Å². The van der Waals surface area contributed by atoms with Crippen molar-refractivity contribution < 1.29 is 28.7 Å². The lowest BCUT2D eigenvalue weighted by molar-refractivity contribution is -0.159. The second kappa shape index (κ2) is 14.4. The molecular weight excluding hydrogens is 564 g/mol. The number of rotatable bonds is 12. The lowest BCUT2D eigenvalue weighted by Gasteiger charge is -2.28. The van der Waals surface area contributed by atoms with Crippen LogP contribution in [0.2, 0.25) is 0 Å². The number of amides is 3. The number of nitrogens with zero attached hydrogens (tertiary/aromatic N) is 1. The van der Waals surface area contributed by atoms with Crippen LogP contribution in [0.15, 0.2) is 43.0 Å². The zero-order valence-electron chi connectivity index (χ0n) is 26.9. The number of fused-ring (bicyclic) bond motifs is 1. The van der Waals surface area contributed by atoms with Gasteiger partial charge in [-0.15, -0.1) is 0 Å². The molecule has 0 aliphatic heterocycles. The zero-order valence-corrected chi connectivity index (χ0v) is 26.9. The number of esters is 1. The Hall–Kier alpha value is -4.35. The molecule has 0 bridgehead atoms. The number of ether oxygens (including phenoxy) is 2. The fourth-order valence-electron chi connectivity index (χ4n) is 4.61. The Bertz CT molecular complexity index is 1420. The normalized spacial score (nSPS) is 14.0. The van der Waals surface area contributed by atoms with Crippen molar-refractivity contribution in [2.45, 2.75) is 104 Å². The molecule has 5 N–H and O–H groups in total. The van der Waals surface area contributed by atoms with Crippen LogP contribution >= 0.6 is 0 Å². The Balaban J connectivity index is 1.88. The van der Waals surface area contributed by atoms with E-state index in [0.717, 1.165) is 16.5 Å². The summed E-state index contributed by atoms with van der Waals surface area (Å²) in [5, 5.41) is 9.17. The summed E-state index contributed by atoms with van der Waals surface area (Å²) >= 11 is 0. The van der Waals surface area contributed by atoms with Gasteiger partial charge < -0.3 is 35.4 Å². The first-order chi connectivity index (χ1) is 20.5. The van der Waals surface area contributed by atoms with Gasteiger partial charge in [-0.1, -0.05) is 32.0 Å². The number of carbonyl (C=O) groups excluding carboxylic acids is 4. The third-order valence-corrected chi connectivity index (χ3v) is 6.43. The molecule has 0 aliphatic carbocycles. The fourth-order valence-corrected chi connectivity index (χ4v) is 4.61. The molecule has 3 rings (SSSR count). The molecule has 0 radical (unpaired) electrons. The molecule has 0 aliphatic rings. The Kier molecular flexibility index (Phi) is 11.2. The van der Waals surface area contributed by atoms with Crippen LogP contribution in [-0.2, 0) is 36.7 Å². The molecule has 2 aromatic heterocycles. The van der Waals surface area contributed by atoms with Gasteiger partial charge >= 0.3 is 12.1 Å². The minimum absolute atomic E-state index is 0.0620. The van der Waals surface area contributed by atoms with E-state index in [0.29, 0.717) is 12.1 Å². The van der Waals surface area contributed by atoms with E-state index in [-0.39, 0.29) is 18.8 Å². The van der Waals surface area contributed by atoms with Gasteiger partial charge in [-0.3, -0.25) is 9.59 Å². The van der Waals surface area contributed by atoms with Crippen LogP contribution in [0.5, 0.6) is 0 Å². The van der Waals surface area contributed by atoms with Gasteiger partial charge in [0.25, 0.3) is 0 Å². The smallest absolute Gasteiger partial charge is 0.408 e.